The van der Waals surface area contributed by atoms with Crippen LogP contribution in [0.15, 0.2) is 64.1 Å². The third-order valence-corrected chi connectivity index (χ3v) is 6.56. The number of fused-ring (bicyclic) bond motifs is 3. The Morgan fingerprint density at radius 2 is 2.03 bits per heavy atom. The van der Waals surface area contributed by atoms with E-state index in [9.17, 15) is 14.0 Å². The van der Waals surface area contributed by atoms with Gasteiger partial charge in [-0.25, -0.2) is 13.3 Å². The lowest BCUT2D eigenvalue weighted by molar-refractivity contribution is -0.119. The predicted molar refractivity (Wildman–Crippen MR) is 134 cm³/mol. The van der Waals surface area contributed by atoms with E-state index < -0.39 is 11.7 Å². The fourth-order valence-corrected chi connectivity index (χ4v) is 4.44. The van der Waals surface area contributed by atoms with Gasteiger partial charge in [-0.05, 0) is 50.8 Å². The number of aromatic nitrogens is 3. The number of halogens is 2. The lowest BCUT2D eigenvalue weighted by Crippen LogP contribution is -2.32. The molecule has 0 saturated carbocycles. The Morgan fingerprint density at radius 3 is 2.69 bits per heavy atom. The van der Waals surface area contributed by atoms with E-state index in [0.29, 0.717) is 47.3 Å². The number of carbonyl (C=O) groups excluding carboxylic acids is 1. The van der Waals surface area contributed by atoms with Crippen LogP contribution in [0.3, 0.4) is 0 Å². The second kappa shape index (κ2) is 10.2. The summed E-state index contributed by atoms with van der Waals surface area (Å²) in [5.41, 5.74) is 3.08. The molecule has 0 atom stereocenters. The maximum Gasteiger partial charge on any atom is 0.251 e. The largest absolute Gasteiger partial charge is 0.353 e. The third-order valence-electron chi connectivity index (χ3n) is 6.56. The number of carbonyl (C=O) groups is 1. The number of likely N-dealkylation sites (tertiary alicyclic amines) is 1. The summed E-state index contributed by atoms with van der Waals surface area (Å²) in [7, 11) is 0. The highest BCUT2D eigenvalue weighted by Crippen LogP contribution is 2.33. The normalized spacial score (nSPS) is 16.7. The molecule has 1 aliphatic heterocycles. The Hall–Kier alpha value is -3.75. The monoisotopic (exact) mass is 481 g/mol. The van der Waals surface area contributed by atoms with Crippen molar-refractivity contribution in [2.24, 2.45) is 0 Å². The summed E-state index contributed by atoms with van der Waals surface area (Å²) in [6, 6.07) is 6.96. The molecule has 1 aromatic carbocycles. The molecule has 1 aliphatic rings. The lowest BCUT2D eigenvalue weighted by Gasteiger charge is -2.29. The number of aromatic amines is 1. The van der Waals surface area contributed by atoms with E-state index in [1.807, 2.05) is 13.0 Å². The van der Waals surface area contributed by atoms with Crippen molar-refractivity contribution in [1.29, 1.82) is 0 Å². The average Bonchev–Trinajstić information content (AvgIpc) is 3.25. The molecular weight excluding hydrogens is 452 g/mol. The molecule has 3 heterocycles. The van der Waals surface area contributed by atoms with Crippen molar-refractivity contribution in [3.8, 4) is 0 Å². The summed E-state index contributed by atoms with van der Waals surface area (Å²) in [5, 5.41) is 8.51. The maximum atomic E-state index is 15.1. The van der Waals surface area contributed by atoms with Gasteiger partial charge < -0.3 is 15.2 Å². The Kier molecular flexibility index (Phi) is 7.14. The standard InChI is InChI=1S/C26H29F2N5O2/c1-4-16(3)25(19(28)13-18(27)5-2)29-20-7-6-8-21-24(20)26-30-23(35)14-22(33(26)31-21)17-9-11-32(15-34)12-10-17/h5-8,13-15,17,29H,4,9-12H2,1-3H3,(H,30,35)/b18-5+,19-13+,25-16?. The molecule has 1 fully saturated rings. The van der Waals surface area contributed by atoms with Crippen LogP contribution in [-0.2, 0) is 4.79 Å². The average molecular weight is 482 g/mol. The molecule has 0 bridgehead atoms. The summed E-state index contributed by atoms with van der Waals surface area (Å²) >= 11 is 0. The number of rotatable bonds is 7. The minimum atomic E-state index is -0.718. The van der Waals surface area contributed by atoms with Gasteiger partial charge in [0, 0.05) is 31.1 Å². The first-order chi connectivity index (χ1) is 16.9. The van der Waals surface area contributed by atoms with Gasteiger partial charge in [0.2, 0.25) is 6.41 Å². The van der Waals surface area contributed by atoms with Gasteiger partial charge in [-0.2, -0.15) is 5.10 Å². The Balaban J connectivity index is 1.84. The number of hydrogen-bond donors (Lipinski definition) is 2. The Labute approximate surface area is 201 Å². The van der Waals surface area contributed by atoms with E-state index in [-0.39, 0.29) is 17.2 Å². The molecule has 1 saturated heterocycles. The van der Waals surface area contributed by atoms with E-state index in [0.717, 1.165) is 31.0 Å². The smallest absolute Gasteiger partial charge is 0.251 e. The SMILES string of the molecule is C/C=C(F)\C=C(\F)C(Nc1cccc2nn3c(C4CCN(C=O)CC4)cc(=O)[nH]c3c12)=C(C)CC. The molecular formula is C26H29F2N5O2. The van der Waals surface area contributed by atoms with Crippen molar-refractivity contribution in [1.82, 2.24) is 19.5 Å². The quantitative estimate of drug-likeness (QED) is 0.353. The van der Waals surface area contributed by atoms with Gasteiger partial charge >= 0.3 is 0 Å². The lowest BCUT2D eigenvalue weighted by atomic mass is 9.93. The van der Waals surface area contributed by atoms with Gasteiger partial charge in [-0.3, -0.25) is 9.59 Å². The van der Waals surface area contributed by atoms with Crippen LogP contribution in [0.2, 0.25) is 0 Å². The fourth-order valence-electron chi connectivity index (χ4n) is 4.44. The molecule has 35 heavy (non-hydrogen) atoms. The van der Waals surface area contributed by atoms with Gasteiger partial charge in [0.05, 0.1) is 28.0 Å². The molecule has 2 N–H and O–H groups in total. The Morgan fingerprint density at radius 1 is 1.29 bits per heavy atom. The zero-order valence-electron chi connectivity index (χ0n) is 20.1. The second-order valence-corrected chi connectivity index (χ2v) is 8.73. The number of benzene rings is 1. The molecule has 0 spiro atoms. The van der Waals surface area contributed by atoms with Gasteiger partial charge in [0.25, 0.3) is 5.56 Å². The number of anilines is 1. The van der Waals surface area contributed by atoms with Crippen LogP contribution in [0.25, 0.3) is 16.6 Å². The summed E-state index contributed by atoms with van der Waals surface area (Å²) in [5.74, 6) is -1.32. The van der Waals surface area contributed by atoms with Crippen LogP contribution in [-0.4, -0.2) is 39.0 Å². The number of hydrogen-bond acceptors (Lipinski definition) is 4. The topological polar surface area (TPSA) is 82.5 Å². The molecule has 2 aromatic heterocycles. The number of amides is 1. The van der Waals surface area contributed by atoms with Crippen molar-refractivity contribution in [2.45, 2.75) is 46.0 Å². The van der Waals surface area contributed by atoms with Crippen molar-refractivity contribution < 1.29 is 13.6 Å². The molecule has 0 aliphatic carbocycles. The van der Waals surface area contributed by atoms with E-state index in [1.165, 1.54) is 13.0 Å². The third kappa shape index (κ3) is 4.89. The second-order valence-electron chi connectivity index (χ2n) is 8.73. The van der Waals surface area contributed by atoms with Crippen LogP contribution in [0.5, 0.6) is 0 Å². The fraction of sp³-hybridized carbons (Fsp3) is 0.346. The van der Waals surface area contributed by atoms with Crippen LogP contribution >= 0.6 is 0 Å². The summed E-state index contributed by atoms with van der Waals surface area (Å²) < 4.78 is 30.6. The summed E-state index contributed by atoms with van der Waals surface area (Å²) in [6.07, 6.45) is 4.91. The van der Waals surface area contributed by atoms with Crippen molar-refractivity contribution in [3.05, 3.63) is 75.4 Å². The zero-order valence-corrected chi connectivity index (χ0v) is 20.1. The summed E-state index contributed by atoms with van der Waals surface area (Å²) in [4.78, 5) is 28.4. The van der Waals surface area contributed by atoms with Gasteiger partial charge in [-0.15, -0.1) is 0 Å². The molecule has 4 rings (SSSR count). The van der Waals surface area contributed by atoms with Gasteiger partial charge in [0.15, 0.2) is 0 Å². The van der Waals surface area contributed by atoms with Crippen LogP contribution in [0.1, 0.15) is 51.6 Å². The predicted octanol–water partition coefficient (Wildman–Crippen LogP) is 5.33. The number of piperidine rings is 1. The van der Waals surface area contributed by atoms with Crippen LogP contribution < -0.4 is 10.9 Å². The van der Waals surface area contributed by atoms with E-state index in [4.69, 9.17) is 5.10 Å². The number of allylic oxidation sites excluding steroid dienone is 5. The first-order valence-corrected chi connectivity index (χ1v) is 11.8. The van der Waals surface area contributed by atoms with Gasteiger partial charge in [0.1, 0.15) is 17.3 Å². The van der Waals surface area contributed by atoms with Crippen LogP contribution in [0.4, 0.5) is 14.5 Å². The van der Waals surface area contributed by atoms with Gasteiger partial charge in [-0.1, -0.05) is 19.1 Å². The Bertz CT molecular complexity index is 1410. The molecule has 0 radical (unpaired) electrons. The molecule has 0 unspecified atom stereocenters. The molecule has 9 heteroatoms. The number of H-pyrrole nitrogens is 1. The summed E-state index contributed by atoms with van der Waals surface area (Å²) in [6.45, 7) is 6.42. The van der Waals surface area contributed by atoms with Crippen molar-refractivity contribution in [3.63, 3.8) is 0 Å². The highest BCUT2D eigenvalue weighted by molar-refractivity contribution is 6.02. The van der Waals surface area contributed by atoms with E-state index in [1.54, 1.807) is 34.5 Å². The highest BCUT2D eigenvalue weighted by atomic mass is 19.1. The molecule has 7 nitrogen and oxygen atoms in total. The minimum Gasteiger partial charge on any atom is -0.353 e. The molecule has 3 aromatic rings. The van der Waals surface area contributed by atoms with Crippen molar-refractivity contribution in [2.75, 3.05) is 18.4 Å². The first-order valence-electron chi connectivity index (χ1n) is 11.8. The minimum absolute atomic E-state index is 0.0729. The van der Waals surface area contributed by atoms with Crippen molar-refractivity contribution >= 4 is 28.6 Å². The van der Waals surface area contributed by atoms with Crippen LogP contribution in [0, 0.1) is 0 Å². The number of nitrogens with one attached hydrogen (secondary N) is 2. The highest BCUT2D eigenvalue weighted by Gasteiger charge is 2.24. The first kappa shape index (κ1) is 24.4. The van der Waals surface area contributed by atoms with E-state index >= 15 is 4.39 Å². The molecule has 184 valence electrons. The number of nitrogens with zero attached hydrogens (tertiary/aromatic N) is 3. The zero-order chi connectivity index (χ0) is 25.1. The maximum absolute atomic E-state index is 15.1. The molecule has 1 amide bonds. The van der Waals surface area contributed by atoms with E-state index in [2.05, 4.69) is 10.3 Å².